The van der Waals surface area contributed by atoms with Crippen molar-refractivity contribution < 1.29 is 34.2 Å². The van der Waals surface area contributed by atoms with Crippen LogP contribution in [-0.4, -0.2) is 41.3 Å². The summed E-state index contributed by atoms with van der Waals surface area (Å²) in [6, 6.07) is 13.5. The molecule has 9 nitrogen and oxygen atoms in total. The first-order valence-corrected chi connectivity index (χ1v) is 10.9. The van der Waals surface area contributed by atoms with Gasteiger partial charge in [-0.1, -0.05) is 25.1 Å². The maximum absolute atomic E-state index is 12.6. The Hall–Kier alpha value is -3.69. The van der Waals surface area contributed by atoms with Crippen LogP contribution in [0.2, 0.25) is 0 Å². The summed E-state index contributed by atoms with van der Waals surface area (Å²) in [5.74, 6) is -0.219. The second-order valence-electron chi connectivity index (χ2n) is 7.66. The predicted molar refractivity (Wildman–Crippen MR) is 126 cm³/mol. The Bertz CT molecular complexity index is 972. The Morgan fingerprint density at radius 3 is 2.32 bits per heavy atom. The van der Waals surface area contributed by atoms with Gasteiger partial charge in [-0.2, -0.15) is 0 Å². The molecule has 0 aliphatic rings. The first-order valence-electron chi connectivity index (χ1n) is 10.9. The maximum Gasteiger partial charge on any atom is 0.412 e. The van der Waals surface area contributed by atoms with Crippen molar-refractivity contribution >= 4 is 23.5 Å². The van der Waals surface area contributed by atoms with Crippen LogP contribution in [0.25, 0.3) is 0 Å². The van der Waals surface area contributed by atoms with E-state index in [4.69, 9.17) is 19.8 Å². The molecule has 4 N–H and O–H groups in total. The largest absolute Gasteiger partial charge is 0.491 e. The number of rotatable bonds is 12. The molecule has 0 aliphatic heterocycles. The van der Waals surface area contributed by atoms with Gasteiger partial charge in [-0.25, -0.2) is 10.3 Å². The van der Waals surface area contributed by atoms with Gasteiger partial charge in [0.1, 0.15) is 18.5 Å². The number of hydrogen-bond acceptors (Lipinski definition) is 7. The summed E-state index contributed by atoms with van der Waals surface area (Å²) in [6.07, 6.45) is 2.74. The Kier molecular flexibility index (Phi) is 10.8. The monoisotopic (exact) mass is 470 g/mol. The van der Waals surface area contributed by atoms with Crippen molar-refractivity contribution in [1.82, 2.24) is 5.48 Å². The lowest BCUT2D eigenvalue weighted by Crippen LogP contribution is -2.22. The molecule has 182 valence electrons. The molecule has 2 aromatic rings. The molecule has 2 amide bonds. The third-order valence-electron chi connectivity index (χ3n) is 5.03. The molecule has 2 aromatic carbocycles. The second kappa shape index (κ2) is 13.8. The number of ether oxygens (including phenoxy) is 2. The average Bonchev–Trinajstić information content (AvgIpc) is 2.84. The number of amides is 2. The van der Waals surface area contributed by atoms with E-state index >= 15 is 0 Å². The van der Waals surface area contributed by atoms with Gasteiger partial charge in [0.15, 0.2) is 5.78 Å². The summed E-state index contributed by atoms with van der Waals surface area (Å²) in [6.45, 7) is 3.47. The Balaban J connectivity index is 2.11. The Morgan fingerprint density at radius 2 is 1.74 bits per heavy atom. The molecule has 0 aliphatic carbocycles. The van der Waals surface area contributed by atoms with E-state index in [1.54, 1.807) is 54.6 Å². The van der Waals surface area contributed by atoms with E-state index in [0.29, 0.717) is 29.8 Å². The van der Waals surface area contributed by atoms with Crippen molar-refractivity contribution in [2.45, 2.75) is 32.8 Å². The quantitative estimate of drug-likeness (QED) is 0.159. The fourth-order valence-electron chi connectivity index (χ4n) is 3.22. The molecule has 0 bridgehead atoms. The molecule has 0 spiro atoms. The van der Waals surface area contributed by atoms with Gasteiger partial charge < -0.3 is 14.6 Å². The first kappa shape index (κ1) is 26.6. The van der Waals surface area contributed by atoms with Crippen molar-refractivity contribution in [1.29, 1.82) is 0 Å². The van der Waals surface area contributed by atoms with Crippen LogP contribution >= 0.6 is 0 Å². The molecule has 0 radical (unpaired) electrons. The van der Waals surface area contributed by atoms with E-state index in [2.05, 4.69) is 5.32 Å². The number of hydroxylamine groups is 1. The number of Topliss-reactive ketones (excluding diaryl/α,β-unsaturated/α-hetero) is 1. The van der Waals surface area contributed by atoms with E-state index in [-0.39, 0.29) is 24.9 Å². The van der Waals surface area contributed by atoms with Gasteiger partial charge >= 0.3 is 6.09 Å². The summed E-state index contributed by atoms with van der Waals surface area (Å²) in [7, 11) is 0. The van der Waals surface area contributed by atoms with Crippen LogP contribution in [0.4, 0.5) is 10.5 Å². The average molecular weight is 471 g/mol. The van der Waals surface area contributed by atoms with Gasteiger partial charge in [0.25, 0.3) is 5.91 Å². The highest BCUT2D eigenvalue weighted by molar-refractivity contribution is 5.95. The van der Waals surface area contributed by atoms with Gasteiger partial charge in [0.2, 0.25) is 0 Å². The fraction of sp³-hybridized carbons (Fsp3) is 0.320. The number of hydrogen-bond donors (Lipinski definition) is 4. The molecule has 0 unspecified atom stereocenters. The molecule has 34 heavy (non-hydrogen) atoms. The summed E-state index contributed by atoms with van der Waals surface area (Å²) >= 11 is 0. The van der Waals surface area contributed by atoms with E-state index in [1.165, 1.54) is 18.5 Å². The summed E-state index contributed by atoms with van der Waals surface area (Å²) in [5, 5.41) is 20.1. The third kappa shape index (κ3) is 8.68. The van der Waals surface area contributed by atoms with E-state index in [0.717, 1.165) is 5.56 Å². The van der Waals surface area contributed by atoms with Gasteiger partial charge in [-0.3, -0.25) is 20.1 Å². The molecule has 0 saturated heterocycles. The lowest BCUT2D eigenvalue weighted by Gasteiger charge is -2.25. The maximum atomic E-state index is 12.6. The number of benzene rings is 2. The summed E-state index contributed by atoms with van der Waals surface area (Å²) in [4.78, 5) is 35.2. The van der Waals surface area contributed by atoms with Crippen LogP contribution in [0.5, 0.6) is 5.75 Å². The smallest absolute Gasteiger partial charge is 0.412 e. The zero-order valence-electron chi connectivity index (χ0n) is 19.2. The lowest BCUT2D eigenvalue weighted by atomic mass is 9.93. The van der Waals surface area contributed by atoms with Gasteiger partial charge in [-0.15, -0.1) is 0 Å². The molecule has 2 rings (SSSR count). The number of allylic oxidation sites excluding steroid dienone is 1. The highest BCUT2D eigenvalue weighted by Crippen LogP contribution is 2.31. The molecule has 0 aromatic heterocycles. The molecular weight excluding hydrogens is 440 g/mol. The predicted octanol–water partition coefficient (Wildman–Crippen LogP) is 4.03. The summed E-state index contributed by atoms with van der Waals surface area (Å²) in [5.41, 5.74) is 3.32. The number of aliphatic hydroxyl groups excluding tert-OH is 1. The molecule has 0 fully saturated rings. The van der Waals surface area contributed by atoms with E-state index in [9.17, 15) is 14.4 Å². The number of anilines is 1. The fourth-order valence-corrected chi connectivity index (χ4v) is 3.22. The van der Waals surface area contributed by atoms with Crippen molar-refractivity contribution in [3.05, 3.63) is 71.8 Å². The van der Waals surface area contributed by atoms with Crippen LogP contribution in [0.15, 0.2) is 60.7 Å². The molecule has 0 heterocycles. The SMILES string of the molecule is CC(=O)c1ccc(NC(=O)O[C@@H](c2ccc(OCCO)cc2)[C@@H](C)CC/C=C/C(=O)NO)cc1. The van der Waals surface area contributed by atoms with Crippen LogP contribution in [-0.2, 0) is 9.53 Å². The van der Waals surface area contributed by atoms with Crippen LogP contribution < -0.4 is 15.5 Å². The molecule has 9 heteroatoms. The number of ketones is 1. The van der Waals surface area contributed by atoms with Gasteiger partial charge in [-0.05, 0) is 67.6 Å². The van der Waals surface area contributed by atoms with E-state index in [1.807, 2.05) is 6.92 Å². The van der Waals surface area contributed by atoms with Crippen LogP contribution in [0.1, 0.15) is 48.7 Å². The van der Waals surface area contributed by atoms with Crippen molar-refractivity contribution in [3.8, 4) is 5.75 Å². The minimum atomic E-state index is -0.650. The highest BCUT2D eigenvalue weighted by atomic mass is 16.6. The van der Waals surface area contributed by atoms with Crippen LogP contribution in [0.3, 0.4) is 0 Å². The van der Waals surface area contributed by atoms with Crippen molar-refractivity contribution in [2.75, 3.05) is 18.5 Å². The van der Waals surface area contributed by atoms with Gasteiger partial charge in [0, 0.05) is 17.3 Å². The topological polar surface area (TPSA) is 134 Å². The zero-order valence-corrected chi connectivity index (χ0v) is 19.2. The second-order valence-corrected chi connectivity index (χ2v) is 7.66. The number of aliphatic hydroxyl groups is 1. The molecule has 2 atom stereocenters. The van der Waals surface area contributed by atoms with Crippen molar-refractivity contribution in [3.63, 3.8) is 0 Å². The first-order chi connectivity index (χ1) is 16.3. The summed E-state index contributed by atoms with van der Waals surface area (Å²) < 4.78 is 11.1. The van der Waals surface area contributed by atoms with Crippen molar-refractivity contribution in [2.24, 2.45) is 5.92 Å². The number of carbonyl (C=O) groups is 3. The minimum Gasteiger partial charge on any atom is -0.491 e. The molecule has 0 saturated carbocycles. The minimum absolute atomic E-state index is 0.0695. The lowest BCUT2D eigenvalue weighted by molar-refractivity contribution is -0.124. The third-order valence-corrected chi connectivity index (χ3v) is 5.03. The Labute approximate surface area is 198 Å². The van der Waals surface area contributed by atoms with Crippen LogP contribution in [0, 0.1) is 5.92 Å². The standard InChI is InChI=1S/C25H30N2O7/c1-17(5-3-4-6-23(30)27-32)24(20-9-13-22(14-10-20)33-16-15-28)34-25(31)26-21-11-7-19(8-12-21)18(2)29/h4,6-14,17,24,28,32H,3,5,15-16H2,1-2H3,(H,26,31)(H,27,30)/b6-4+/t17-,24+/m0/s1. The number of nitrogens with one attached hydrogen (secondary N) is 2. The highest BCUT2D eigenvalue weighted by Gasteiger charge is 2.23. The zero-order chi connectivity index (χ0) is 24.9. The number of carbonyl (C=O) groups excluding carboxylic acids is 3. The normalized spacial score (nSPS) is 12.6. The van der Waals surface area contributed by atoms with Gasteiger partial charge in [0.05, 0.1) is 6.61 Å². The Morgan fingerprint density at radius 1 is 1.06 bits per heavy atom. The molecular formula is C25H30N2O7. The van der Waals surface area contributed by atoms with E-state index < -0.39 is 18.1 Å².